The van der Waals surface area contributed by atoms with E-state index in [4.69, 9.17) is 4.42 Å². The van der Waals surface area contributed by atoms with Gasteiger partial charge in [-0.25, -0.2) is 0 Å². The fourth-order valence-corrected chi connectivity index (χ4v) is 2.38. The smallest absolute Gasteiger partial charge is 0.134 e. The molecular formula is C16H23NO. The maximum atomic E-state index is 5.94. The third kappa shape index (κ3) is 2.94. The van der Waals surface area contributed by atoms with Crippen molar-refractivity contribution in [3.63, 3.8) is 0 Å². The highest BCUT2D eigenvalue weighted by molar-refractivity contribution is 5.78. The van der Waals surface area contributed by atoms with Crippen molar-refractivity contribution in [2.24, 2.45) is 0 Å². The van der Waals surface area contributed by atoms with Crippen molar-refractivity contribution in [3.05, 3.63) is 35.6 Å². The second kappa shape index (κ2) is 6.05. The summed E-state index contributed by atoms with van der Waals surface area (Å²) in [6.45, 7) is 4.35. The standard InChI is InChI=1S/C16H23NO/c1-4-5-6-7-14(17-3)16-11-13-10-12(2)8-9-15(13)18-16/h8-11,14,17H,4-7H2,1-3H3. The molecule has 2 heteroatoms. The minimum atomic E-state index is 0.337. The van der Waals surface area contributed by atoms with E-state index in [9.17, 15) is 0 Å². The Morgan fingerprint density at radius 2 is 2.06 bits per heavy atom. The maximum Gasteiger partial charge on any atom is 0.134 e. The first-order valence-electron chi connectivity index (χ1n) is 6.92. The number of nitrogens with one attached hydrogen (secondary N) is 1. The van der Waals surface area contributed by atoms with Crippen molar-refractivity contribution in [2.45, 2.75) is 45.6 Å². The van der Waals surface area contributed by atoms with E-state index in [1.54, 1.807) is 0 Å². The summed E-state index contributed by atoms with van der Waals surface area (Å²) in [5.41, 5.74) is 2.27. The molecule has 18 heavy (non-hydrogen) atoms. The molecule has 0 saturated heterocycles. The summed E-state index contributed by atoms with van der Waals surface area (Å²) < 4.78 is 5.94. The summed E-state index contributed by atoms with van der Waals surface area (Å²) in [6.07, 6.45) is 4.94. The highest BCUT2D eigenvalue weighted by atomic mass is 16.3. The molecule has 98 valence electrons. The first-order valence-corrected chi connectivity index (χ1v) is 6.92. The highest BCUT2D eigenvalue weighted by Crippen LogP contribution is 2.27. The Hall–Kier alpha value is -1.28. The van der Waals surface area contributed by atoms with E-state index in [0.29, 0.717) is 6.04 Å². The van der Waals surface area contributed by atoms with E-state index >= 15 is 0 Å². The summed E-state index contributed by atoms with van der Waals surface area (Å²) >= 11 is 0. The zero-order chi connectivity index (χ0) is 13.0. The van der Waals surface area contributed by atoms with Crippen LogP contribution >= 0.6 is 0 Å². The molecule has 0 amide bonds. The number of fused-ring (bicyclic) bond motifs is 1. The largest absolute Gasteiger partial charge is 0.459 e. The van der Waals surface area contributed by atoms with Gasteiger partial charge in [-0.2, -0.15) is 0 Å². The number of unbranched alkanes of at least 4 members (excludes halogenated alkanes) is 2. The molecule has 2 rings (SSSR count). The molecule has 0 aliphatic carbocycles. The monoisotopic (exact) mass is 245 g/mol. The predicted molar refractivity (Wildman–Crippen MR) is 76.9 cm³/mol. The van der Waals surface area contributed by atoms with Crippen LogP contribution in [0.4, 0.5) is 0 Å². The van der Waals surface area contributed by atoms with Gasteiger partial charge in [-0.15, -0.1) is 0 Å². The zero-order valence-electron chi connectivity index (χ0n) is 11.6. The van der Waals surface area contributed by atoms with Crippen molar-refractivity contribution in [2.75, 3.05) is 7.05 Å². The summed E-state index contributed by atoms with van der Waals surface area (Å²) in [4.78, 5) is 0. The fourth-order valence-electron chi connectivity index (χ4n) is 2.38. The minimum Gasteiger partial charge on any atom is -0.459 e. The van der Waals surface area contributed by atoms with Gasteiger partial charge in [-0.1, -0.05) is 37.8 Å². The Kier molecular flexibility index (Phi) is 4.43. The van der Waals surface area contributed by atoms with E-state index in [2.05, 4.69) is 43.4 Å². The van der Waals surface area contributed by atoms with Gasteiger partial charge >= 0.3 is 0 Å². The number of furan rings is 1. The zero-order valence-corrected chi connectivity index (χ0v) is 11.6. The van der Waals surface area contributed by atoms with Gasteiger partial charge in [0.05, 0.1) is 6.04 Å². The Balaban J connectivity index is 2.17. The average molecular weight is 245 g/mol. The maximum absolute atomic E-state index is 5.94. The van der Waals surface area contributed by atoms with Gasteiger partial charge in [0, 0.05) is 5.39 Å². The van der Waals surface area contributed by atoms with Crippen LogP contribution in [0.3, 0.4) is 0 Å². The van der Waals surface area contributed by atoms with Crippen LogP contribution in [-0.2, 0) is 0 Å². The lowest BCUT2D eigenvalue weighted by Gasteiger charge is -2.12. The summed E-state index contributed by atoms with van der Waals surface area (Å²) in [6, 6.07) is 8.86. The van der Waals surface area contributed by atoms with Crippen LogP contribution in [-0.4, -0.2) is 7.05 Å². The van der Waals surface area contributed by atoms with Crippen molar-refractivity contribution in [1.82, 2.24) is 5.32 Å². The molecule has 1 aromatic heterocycles. The van der Waals surface area contributed by atoms with Crippen LogP contribution in [0, 0.1) is 6.92 Å². The number of rotatable bonds is 6. The Morgan fingerprint density at radius 3 is 2.78 bits per heavy atom. The lowest BCUT2D eigenvalue weighted by atomic mass is 10.1. The first-order chi connectivity index (χ1) is 8.74. The van der Waals surface area contributed by atoms with Gasteiger partial charge in [-0.05, 0) is 38.6 Å². The quantitative estimate of drug-likeness (QED) is 0.753. The van der Waals surface area contributed by atoms with Gasteiger partial charge in [0.2, 0.25) is 0 Å². The summed E-state index contributed by atoms with van der Waals surface area (Å²) in [5.74, 6) is 1.06. The summed E-state index contributed by atoms with van der Waals surface area (Å²) in [7, 11) is 2.01. The van der Waals surface area contributed by atoms with Gasteiger partial charge in [0.25, 0.3) is 0 Å². The SMILES string of the molecule is CCCCCC(NC)c1cc2cc(C)ccc2o1. The van der Waals surface area contributed by atoms with Gasteiger partial charge in [-0.3, -0.25) is 0 Å². The molecule has 0 spiro atoms. The molecule has 0 aliphatic heterocycles. The molecule has 1 aromatic carbocycles. The van der Waals surface area contributed by atoms with Crippen LogP contribution in [0.1, 0.15) is 50.0 Å². The third-order valence-corrected chi connectivity index (χ3v) is 3.48. The molecule has 0 bridgehead atoms. The second-order valence-electron chi connectivity index (χ2n) is 5.03. The number of benzene rings is 1. The second-order valence-corrected chi connectivity index (χ2v) is 5.03. The molecule has 0 radical (unpaired) electrons. The van der Waals surface area contributed by atoms with E-state index in [-0.39, 0.29) is 0 Å². The molecule has 1 heterocycles. The topological polar surface area (TPSA) is 25.2 Å². The molecule has 0 fully saturated rings. The van der Waals surface area contributed by atoms with E-state index < -0.39 is 0 Å². The van der Waals surface area contributed by atoms with E-state index in [1.165, 1.54) is 30.2 Å². The van der Waals surface area contributed by atoms with Crippen LogP contribution in [0.15, 0.2) is 28.7 Å². The van der Waals surface area contributed by atoms with Crippen LogP contribution in [0.2, 0.25) is 0 Å². The van der Waals surface area contributed by atoms with Gasteiger partial charge < -0.3 is 9.73 Å². The highest BCUT2D eigenvalue weighted by Gasteiger charge is 2.14. The van der Waals surface area contributed by atoms with Crippen LogP contribution < -0.4 is 5.32 Å². The van der Waals surface area contributed by atoms with Crippen LogP contribution in [0.25, 0.3) is 11.0 Å². The molecule has 1 N–H and O–H groups in total. The van der Waals surface area contributed by atoms with Crippen LogP contribution in [0.5, 0.6) is 0 Å². The van der Waals surface area contributed by atoms with E-state index in [1.807, 2.05) is 7.05 Å². The Bertz CT molecular complexity index is 501. The van der Waals surface area contributed by atoms with Gasteiger partial charge in [0.1, 0.15) is 11.3 Å². The third-order valence-electron chi connectivity index (χ3n) is 3.48. The Morgan fingerprint density at radius 1 is 1.22 bits per heavy atom. The lowest BCUT2D eigenvalue weighted by molar-refractivity contribution is 0.420. The number of aryl methyl sites for hydroxylation is 1. The Labute approximate surface area is 109 Å². The van der Waals surface area contributed by atoms with E-state index in [0.717, 1.165) is 17.8 Å². The molecule has 1 atom stereocenters. The molecule has 0 saturated carbocycles. The lowest BCUT2D eigenvalue weighted by Crippen LogP contribution is -2.15. The first kappa shape index (κ1) is 13.2. The molecular weight excluding hydrogens is 222 g/mol. The molecule has 1 unspecified atom stereocenters. The average Bonchev–Trinajstić information content (AvgIpc) is 2.77. The molecule has 0 aliphatic rings. The predicted octanol–water partition coefficient (Wildman–Crippen LogP) is 4.58. The number of hydrogen-bond donors (Lipinski definition) is 1. The normalized spacial score (nSPS) is 13.1. The fraction of sp³-hybridized carbons (Fsp3) is 0.500. The van der Waals surface area contributed by atoms with Gasteiger partial charge in [0.15, 0.2) is 0 Å². The minimum absolute atomic E-state index is 0.337. The van der Waals surface area contributed by atoms with Crippen molar-refractivity contribution < 1.29 is 4.42 Å². The number of hydrogen-bond acceptors (Lipinski definition) is 2. The van der Waals surface area contributed by atoms with Crippen molar-refractivity contribution >= 4 is 11.0 Å². The molecule has 2 nitrogen and oxygen atoms in total. The molecule has 2 aromatic rings. The van der Waals surface area contributed by atoms with Crippen molar-refractivity contribution in [1.29, 1.82) is 0 Å². The van der Waals surface area contributed by atoms with Crippen molar-refractivity contribution in [3.8, 4) is 0 Å². The summed E-state index contributed by atoms with van der Waals surface area (Å²) in [5, 5.41) is 4.57.